The Labute approximate surface area is 199 Å². The first-order chi connectivity index (χ1) is 16.5. The lowest BCUT2D eigenvalue weighted by molar-refractivity contribution is -0.142. The van der Waals surface area contributed by atoms with Gasteiger partial charge < -0.3 is 30.5 Å². The number of nitrogens with zero attached hydrogens (tertiary/aromatic N) is 2. The zero-order valence-electron chi connectivity index (χ0n) is 19.5. The molecule has 3 saturated heterocycles. The standard InChI is InChI=1S/C24H33N5O5/c1-34-18-6-4-16(5-7-18)24(33)29-14-13-28(23(32)17-8-11-25-12-9-17)15-20(29)22(31)27-19-3-2-10-26-21(19)30/h4-7,17,19-20,25H,2-3,8-15H2,1H3,(H,26,30)(H,27,31). The highest BCUT2D eigenvalue weighted by atomic mass is 16.5. The van der Waals surface area contributed by atoms with Gasteiger partial charge in [0.15, 0.2) is 0 Å². The van der Waals surface area contributed by atoms with Gasteiger partial charge in [-0.05, 0) is 63.0 Å². The molecule has 4 rings (SSSR count). The number of rotatable bonds is 5. The van der Waals surface area contributed by atoms with Crippen molar-refractivity contribution in [2.45, 2.75) is 37.8 Å². The van der Waals surface area contributed by atoms with Crippen LogP contribution in [0.3, 0.4) is 0 Å². The van der Waals surface area contributed by atoms with Gasteiger partial charge in [-0.2, -0.15) is 0 Å². The summed E-state index contributed by atoms with van der Waals surface area (Å²) < 4.78 is 5.17. The highest BCUT2D eigenvalue weighted by molar-refractivity contribution is 5.99. The van der Waals surface area contributed by atoms with Gasteiger partial charge in [-0.3, -0.25) is 19.2 Å². The second-order valence-corrected chi connectivity index (χ2v) is 9.05. The number of benzene rings is 1. The van der Waals surface area contributed by atoms with Crippen LogP contribution in [0.1, 0.15) is 36.0 Å². The number of amides is 4. The van der Waals surface area contributed by atoms with E-state index in [9.17, 15) is 19.2 Å². The van der Waals surface area contributed by atoms with E-state index >= 15 is 0 Å². The third-order valence-corrected chi connectivity index (χ3v) is 6.88. The molecular formula is C24H33N5O5. The predicted octanol–water partition coefficient (Wildman–Crippen LogP) is -0.257. The van der Waals surface area contributed by atoms with Crippen LogP contribution in [0.2, 0.25) is 0 Å². The van der Waals surface area contributed by atoms with E-state index in [1.807, 2.05) is 0 Å². The number of piperidine rings is 2. The summed E-state index contributed by atoms with van der Waals surface area (Å²) in [5, 5.41) is 8.85. The average Bonchev–Trinajstić information content (AvgIpc) is 2.89. The third kappa shape index (κ3) is 5.32. The minimum atomic E-state index is -0.872. The van der Waals surface area contributed by atoms with Crippen molar-refractivity contribution in [2.24, 2.45) is 5.92 Å². The van der Waals surface area contributed by atoms with Crippen molar-refractivity contribution in [3.63, 3.8) is 0 Å². The summed E-state index contributed by atoms with van der Waals surface area (Å²) in [5.74, 6) is -0.321. The maximum absolute atomic E-state index is 13.4. The van der Waals surface area contributed by atoms with E-state index in [2.05, 4.69) is 16.0 Å². The smallest absolute Gasteiger partial charge is 0.254 e. The van der Waals surface area contributed by atoms with Crippen LogP contribution in [0.15, 0.2) is 24.3 Å². The number of hydrogen-bond acceptors (Lipinski definition) is 6. The summed E-state index contributed by atoms with van der Waals surface area (Å²) in [6.45, 7) is 2.93. The van der Waals surface area contributed by atoms with Gasteiger partial charge in [0.25, 0.3) is 5.91 Å². The molecule has 184 valence electrons. The first-order valence-electron chi connectivity index (χ1n) is 12.0. The van der Waals surface area contributed by atoms with Crippen molar-refractivity contribution < 1.29 is 23.9 Å². The van der Waals surface area contributed by atoms with Gasteiger partial charge in [0, 0.05) is 31.1 Å². The Morgan fingerprint density at radius 3 is 2.44 bits per heavy atom. The van der Waals surface area contributed by atoms with Gasteiger partial charge in [0.1, 0.15) is 17.8 Å². The molecule has 0 aliphatic carbocycles. The lowest BCUT2D eigenvalue weighted by Crippen LogP contribution is -2.64. The molecule has 2 atom stereocenters. The topological polar surface area (TPSA) is 120 Å². The Kier molecular flexibility index (Phi) is 7.66. The largest absolute Gasteiger partial charge is 0.497 e. The van der Waals surface area contributed by atoms with E-state index in [1.165, 1.54) is 4.90 Å². The lowest BCUT2D eigenvalue weighted by atomic mass is 9.95. The maximum atomic E-state index is 13.4. The van der Waals surface area contributed by atoms with Crippen LogP contribution in [0, 0.1) is 5.92 Å². The van der Waals surface area contributed by atoms with Gasteiger partial charge in [0.05, 0.1) is 13.7 Å². The first kappa shape index (κ1) is 24.0. The number of carbonyl (C=O) groups excluding carboxylic acids is 4. The quantitative estimate of drug-likeness (QED) is 0.545. The summed E-state index contributed by atoms with van der Waals surface area (Å²) in [6, 6.07) is 5.23. The number of methoxy groups -OCH3 is 1. The van der Waals surface area contributed by atoms with Crippen molar-refractivity contribution in [3.8, 4) is 5.75 Å². The van der Waals surface area contributed by atoms with Crippen molar-refractivity contribution in [1.29, 1.82) is 0 Å². The van der Waals surface area contributed by atoms with Crippen LogP contribution < -0.4 is 20.7 Å². The monoisotopic (exact) mass is 471 g/mol. The molecule has 0 aromatic heterocycles. The lowest BCUT2D eigenvalue weighted by Gasteiger charge is -2.42. The molecule has 3 N–H and O–H groups in total. The zero-order valence-corrected chi connectivity index (χ0v) is 19.5. The molecule has 10 heteroatoms. The molecule has 10 nitrogen and oxygen atoms in total. The Morgan fingerprint density at radius 1 is 1.03 bits per heavy atom. The van der Waals surface area contributed by atoms with E-state index in [4.69, 9.17) is 4.74 Å². The van der Waals surface area contributed by atoms with Crippen molar-refractivity contribution >= 4 is 23.6 Å². The molecule has 3 aliphatic heterocycles. The normalized spacial score (nSPS) is 23.7. The van der Waals surface area contributed by atoms with Crippen LogP contribution in [0.25, 0.3) is 0 Å². The van der Waals surface area contributed by atoms with Gasteiger partial charge in [0.2, 0.25) is 17.7 Å². The molecular weight excluding hydrogens is 438 g/mol. The fourth-order valence-electron chi connectivity index (χ4n) is 4.85. The number of carbonyl (C=O) groups is 4. The Bertz CT molecular complexity index is 915. The number of ether oxygens (including phenoxy) is 1. The van der Waals surface area contributed by atoms with Gasteiger partial charge in [-0.1, -0.05) is 0 Å². The molecule has 3 aliphatic rings. The highest BCUT2D eigenvalue weighted by Crippen LogP contribution is 2.21. The first-order valence-corrected chi connectivity index (χ1v) is 12.0. The van der Waals surface area contributed by atoms with Crippen molar-refractivity contribution in [1.82, 2.24) is 25.8 Å². The predicted molar refractivity (Wildman–Crippen MR) is 124 cm³/mol. The van der Waals surface area contributed by atoms with Crippen LogP contribution in [0.4, 0.5) is 0 Å². The summed E-state index contributed by atoms with van der Waals surface area (Å²) >= 11 is 0. The fraction of sp³-hybridized carbons (Fsp3) is 0.583. The molecule has 0 spiro atoms. The summed E-state index contributed by atoms with van der Waals surface area (Å²) in [6.07, 6.45) is 2.86. The molecule has 0 radical (unpaired) electrons. The summed E-state index contributed by atoms with van der Waals surface area (Å²) in [4.78, 5) is 55.3. The van der Waals surface area contributed by atoms with Crippen molar-refractivity contribution in [2.75, 3.05) is 46.4 Å². The highest BCUT2D eigenvalue weighted by Gasteiger charge is 2.40. The average molecular weight is 472 g/mol. The van der Waals surface area contributed by atoms with Gasteiger partial charge in [-0.15, -0.1) is 0 Å². The van der Waals surface area contributed by atoms with Crippen molar-refractivity contribution in [3.05, 3.63) is 29.8 Å². The van der Waals surface area contributed by atoms with Gasteiger partial charge in [-0.25, -0.2) is 0 Å². The van der Waals surface area contributed by atoms with Gasteiger partial charge >= 0.3 is 0 Å². The molecule has 4 amide bonds. The molecule has 0 saturated carbocycles. The molecule has 1 aromatic rings. The maximum Gasteiger partial charge on any atom is 0.254 e. The number of piperazine rings is 1. The summed E-state index contributed by atoms with van der Waals surface area (Å²) in [5.41, 5.74) is 0.437. The number of nitrogens with one attached hydrogen (secondary N) is 3. The second kappa shape index (κ2) is 10.9. The minimum absolute atomic E-state index is 0.0336. The van der Waals surface area contributed by atoms with Crippen LogP contribution in [-0.2, 0) is 14.4 Å². The molecule has 34 heavy (non-hydrogen) atoms. The molecule has 2 unspecified atom stereocenters. The van der Waals surface area contributed by atoms with E-state index in [-0.39, 0.29) is 36.7 Å². The van der Waals surface area contributed by atoms with E-state index < -0.39 is 18.0 Å². The molecule has 3 fully saturated rings. The third-order valence-electron chi connectivity index (χ3n) is 6.88. The Morgan fingerprint density at radius 2 is 1.76 bits per heavy atom. The molecule has 0 bridgehead atoms. The van der Waals surface area contributed by atoms with Crippen LogP contribution >= 0.6 is 0 Å². The molecule has 1 aromatic carbocycles. The van der Waals surface area contributed by atoms with E-state index in [0.717, 1.165) is 32.4 Å². The Hall–Kier alpha value is -3.14. The second-order valence-electron chi connectivity index (χ2n) is 9.05. The Balaban J connectivity index is 1.52. The number of hydrogen-bond donors (Lipinski definition) is 3. The fourth-order valence-corrected chi connectivity index (χ4v) is 4.85. The van der Waals surface area contributed by atoms with E-state index in [0.29, 0.717) is 30.8 Å². The SMILES string of the molecule is COc1ccc(C(=O)N2CCN(C(=O)C3CCNCC3)CC2C(=O)NC2CCCNC2=O)cc1. The zero-order chi connectivity index (χ0) is 24.1. The minimum Gasteiger partial charge on any atom is -0.497 e. The summed E-state index contributed by atoms with van der Waals surface area (Å²) in [7, 11) is 1.55. The van der Waals surface area contributed by atoms with Crippen LogP contribution in [-0.4, -0.2) is 91.9 Å². The molecule has 3 heterocycles. The van der Waals surface area contributed by atoms with Crippen LogP contribution in [0.5, 0.6) is 5.75 Å². The van der Waals surface area contributed by atoms with E-state index in [1.54, 1.807) is 36.3 Å².